The predicted molar refractivity (Wildman–Crippen MR) is 153 cm³/mol. The fourth-order valence-electron chi connectivity index (χ4n) is 4.10. The minimum Gasteiger partial charge on any atom is -0.490 e. The summed E-state index contributed by atoms with van der Waals surface area (Å²) >= 11 is 3.43. The summed E-state index contributed by atoms with van der Waals surface area (Å²) < 4.78 is 27.8. The minimum absolute atomic E-state index is 0.184. The van der Waals surface area contributed by atoms with Gasteiger partial charge in [0.15, 0.2) is 11.5 Å². The molecule has 6 nitrogen and oxygen atoms in total. The SMILES string of the molecule is C=CCc1cc(C=Nn2c(CCC)nc3ccc(Br)cc3c2=O)cc(OCC)c1OCc1cccc(F)c1. The third-order valence-electron chi connectivity index (χ3n) is 5.76. The van der Waals surface area contributed by atoms with Crippen molar-refractivity contribution in [3.63, 3.8) is 0 Å². The van der Waals surface area contributed by atoms with Gasteiger partial charge in [0.1, 0.15) is 18.2 Å². The molecule has 0 N–H and O–H groups in total. The molecule has 38 heavy (non-hydrogen) atoms. The molecule has 4 rings (SSSR count). The summed E-state index contributed by atoms with van der Waals surface area (Å²) in [4.78, 5) is 18.0. The summed E-state index contributed by atoms with van der Waals surface area (Å²) in [5.41, 5.74) is 2.68. The zero-order chi connectivity index (χ0) is 27.1. The lowest BCUT2D eigenvalue weighted by Gasteiger charge is -2.17. The summed E-state index contributed by atoms with van der Waals surface area (Å²) in [6.07, 6.45) is 5.34. The molecule has 0 unspecified atom stereocenters. The van der Waals surface area contributed by atoms with Crippen molar-refractivity contribution in [3.8, 4) is 11.5 Å². The Balaban J connectivity index is 1.74. The van der Waals surface area contributed by atoms with Gasteiger partial charge in [0.25, 0.3) is 5.56 Å². The zero-order valence-electron chi connectivity index (χ0n) is 21.4. The zero-order valence-corrected chi connectivity index (χ0v) is 23.0. The number of rotatable bonds is 11. The molecule has 0 saturated heterocycles. The maximum Gasteiger partial charge on any atom is 0.282 e. The molecule has 0 spiro atoms. The van der Waals surface area contributed by atoms with Gasteiger partial charge in [0, 0.05) is 16.5 Å². The highest BCUT2D eigenvalue weighted by Gasteiger charge is 2.15. The maximum absolute atomic E-state index is 13.6. The Kier molecular flexibility index (Phi) is 9.07. The second kappa shape index (κ2) is 12.6. The fraction of sp³-hybridized carbons (Fsp3) is 0.233. The van der Waals surface area contributed by atoms with Gasteiger partial charge in [-0.2, -0.15) is 9.78 Å². The molecule has 8 heteroatoms. The average molecular weight is 578 g/mol. The second-order valence-corrected chi connectivity index (χ2v) is 9.57. The number of hydrogen-bond acceptors (Lipinski definition) is 5. The standard InChI is InChI=1S/C30H29BrFN3O3/c1-4-8-22-14-21(16-27(37-6-3)29(22)38-19-20-10-7-11-24(32)15-20)18-33-35-28(9-5-2)34-26-13-12-23(31)17-25(26)30(35)36/h4,7,10-18H,1,5-6,8-9,19H2,2-3H3. The summed E-state index contributed by atoms with van der Waals surface area (Å²) in [6, 6.07) is 15.5. The quantitative estimate of drug-likeness (QED) is 0.144. The van der Waals surface area contributed by atoms with Crippen LogP contribution < -0.4 is 15.0 Å². The van der Waals surface area contributed by atoms with Gasteiger partial charge in [-0.3, -0.25) is 4.79 Å². The summed E-state index contributed by atoms with van der Waals surface area (Å²) in [6.45, 7) is 8.40. The molecule has 0 amide bonds. The van der Waals surface area contributed by atoms with E-state index in [0.29, 0.717) is 53.2 Å². The van der Waals surface area contributed by atoms with Gasteiger partial charge in [-0.25, -0.2) is 9.37 Å². The fourth-order valence-corrected chi connectivity index (χ4v) is 4.46. The van der Waals surface area contributed by atoms with Crippen molar-refractivity contribution in [3.05, 3.63) is 110 Å². The highest BCUT2D eigenvalue weighted by molar-refractivity contribution is 9.10. The van der Waals surface area contributed by atoms with Gasteiger partial charge in [-0.05, 0) is 73.4 Å². The lowest BCUT2D eigenvalue weighted by atomic mass is 10.1. The van der Waals surface area contributed by atoms with Crippen LogP contribution in [0.25, 0.3) is 10.9 Å². The van der Waals surface area contributed by atoms with E-state index >= 15 is 0 Å². The van der Waals surface area contributed by atoms with Gasteiger partial charge in [0.05, 0.1) is 23.7 Å². The van der Waals surface area contributed by atoms with Gasteiger partial charge in [-0.15, -0.1) is 6.58 Å². The second-order valence-electron chi connectivity index (χ2n) is 8.65. The van der Waals surface area contributed by atoms with Crippen LogP contribution in [0.4, 0.5) is 4.39 Å². The van der Waals surface area contributed by atoms with E-state index in [-0.39, 0.29) is 18.0 Å². The van der Waals surface area contributed by atoms with E-state index in [1.807, 2.05) is 38.1 Å². The molecule has 0 atom stereocenters. The minimum atomic E-state index is -0.317. The van der Waals surface area contributed by atoms with Crippen LogP contribution in [-0.4, -0.2) is 22.5 Å². The van der Waals surface area contributed by atoms with Crippen LogP contribution in [0.1, 0.15) is 42.8 Å². The number of halogens is 2. The predicted octanol–water partition coefficient (Wildman–Crippen LogP) is 6.84. The molecule has 0 aliphatic rings. The first kappa shape index (κ1) is 27.3. The number of ether oxygens (including phenoxy) is 2. The number of hydrogen-bond donors (Lipinski definition) is 0. The maximum atomic E-state index is 13.6. The third kappa shape index (κ3) is 6.37. The van der Waals surface area contributed by atoms with Gasteiger partial charge >= 0.3 is 0 Å². The Labute approximate surface area is 229 Å². The Morgan fingerprint density at radius 3 is 2.71 bits per heavy atom. The van der Waals surface area contributed by atoms with E-state index in [9.17, 15) is 9.18 Å². The summed E-state index contributed by atoms with van der Waals surface area (Å²) in [5.74, 6) is 1.37. The van der Waals surface area contributed by atoms with Crippen molar-refractivity contribution in [1.29, 1.82) is 0 Å². The van der Waals surface area contributed by atoms with Crippen molar-refractivity contribution >= 4 is 33.0 Å². The van der Waals surface area contributed by atoms with Crippen LogP contribution in [0.15, 0.2) is 81.6 Å². The van der Waals surface area contributed by atoms with Crippen molar-refractivity contribution in [2.75, 3.05) is 6.61 Å². The van der Waals surface area contributed by atoms with Crippen LogP contribution in [-0.2, 0) is 19.4 Å². The number of allylic oxidation sites excluding steroid dienone is 1. The first-order valence-electron chi connectivity index (χ1n) is 12.5. The van der Waals surface area contributed by atoms with Crippen molar-refractivity contribution < 1.29 is 13.9 Å². The highest BCUT2D eigenvalue weighted by atomic mass is 79.9. The molecule has 0 aliphatic heterocycles. The molecule has 0 radical (unpaired) electrons. The first-order chi connectivity index (χ1) is 18.4. The molecule has 196 valence electrons. The van der Waals surface area contributed by atoms with E-state index in [0.717, 1.165) is 22.0 Å². The summed E-state index contributed by atoms with van der Waals surface area (Å²) in [7, 11) is 0. The molecule has 1 heterocycles. The van der Waals surface area contributed by atoms with Crippen LogP contribution in [0.3, 0.4) is 0 Å². The number of nitrogens with zero attached hydrogens (tertiary/aromatic N) is 3. The molecular formula is C30H29BrFN3O3. The molecule has 0 bridgehead atoms. The van der Waals surface area contributed by atoms with Crippen molar-refractivity contribution in [2.24, 2.45) is 5.10 Å². The molecule has 1 aromatic heterocycles. The summed E-state index contributed by atoms with van der Waals surface area (Å²) in [5, 5.41) is 5.03. The Bertz CT molecular complexity index is 1550. The topological polar surface area (TPSA) is 65.7 Å². The van der Waals surface area contributed by atoms with Gasteiger partial charge in [0.2, 0.25) is 0 Å². The highest BCUT2D eigenvalue weighted by Crippen LogP contribution is 2.34. The monoisotopic (exact) mass is 577 g/mol. The molecule has 0 saturated carbocycles. The first-order valence-corrected chi connectivity index (χ1v) is 13.3. The lowest BCUT2D eigenvalue weighted by Crippen LogP contribution is -2.22. The van der Waals surface area contributed by atoms with E-state index in [1.165, 1.54) is 16.8 Å². The van der Waals surface area contributed by atoms with E-state index in [1.54, 1.807) is 30.5 Å². The lowest BCUT2D eigenvalue weighted by molar-refractivity contribution is 0.267. The normalized spacial score (nSPS) is 11.3. The van der Waals surface area contributed by atoms with E-state index in [4.69, 9.17) is 14.5 Å². The number of benzene rings is 3. The van der Waals surface area contributed by atoms with Gasteiger partial charge in [-0.1, -0.05) is 41.1 Å². The Morgan fingerprint density at radius 1 is 1.13 bits per heavy atom. The largest absolute Gasteiger partial charge is 0.490 e. The molecule has 0 fully saturated rings. The molecular weight excluding hydrogens is 549 g/mol. The molecule has 4 aromatic rings. The number of fused-ring (bicyclic) bond motifs is 1. The third-order valence-corrected chi connectivity index (χ3v) is 6.25. The van der Waals surface area contributed by atoms with E-state index in [2.05, 4.69) is 27.6 Å². The van der Waals surface area contributed by atoms with Crippen LogP contribution in [0.2, 0.25) is 0 Å². The average Bonchev–Trinajstić information content (AvgIpc) is 2.89. The smallest absolute Gasteiger partial charge is 0.282 e. The Hall–Kier alpha value is -3.78. The van der Waals surface area contributed by atoms with Crippen LogP contribution >= 0.6 is 15.9 Å². The Morgan fingerprint density at radius 2 is 1.97 bits per heavy atom. The van der Waals surface area contributed by atoms with Crippen molar-refractivity contribution in [1.82, 2.24) is 9.66 Å². The van der Waals surface area contributed by atoms with E-state index < -0.39 is 0 Å². The number of aromatic nitrogens is 2. The molecule has 3 aromatic carbocycles. The van der Waals surface area contributed by atoms with Gasteiger partial charge < -0.3 is 9.47 Å². The molecule has 0 aliphatic carbocycles. The van der Waals surface area contributed by atoms with Crippen molar-refractivity contribution in [2.45, 2.75) is 39.7 Å². The van der Waals surface area contributed by atoms with Crippen LogP contribution in [0.5, 0.6) is 11.5 Å². The van der Waals surface area contributed by atoms with Crippen LogP contribution in [0, 0.1) is 5.82 Å². The number of aryl methyl sites for hydroxylation is 1.